The maximum absolute atomic E-state index is 13.7. The third-order valence-electron chi connectivity index (χ3n) is 11.0. The highest BCUT2D eigenvalue weighted by atomic mass is 16.4. The first-order valence-electron chi connectivity index (χ1n) is 22.9. The van der Waals surface area contributed by atoms with Crippen molar-refractivity contribution in [1.82, 2.24) is 42.5 Å². The summed E-state index contributed by atoms with van der Waals surface area (Å²) in [6.45, 7) is 14.3. The molecule has 0 saturated heterocycles. The van der Waals surface area contributed by atoms with Gasteiger partial charge in [-0.05, 0) is 56.3 Å². The molecule has 8 amide bonds. The van der Waals surface area contributed by atoms with Crippen molar-refractivity contribution in [2.24, 2.45) is 45.9 Å². The van der Waals surface area contributed by atoms with Gasteiger partial charge in [-0.3, -0.25) is 52.9 Å². The highest BCUT2D eigenvalue weighted by Crippen LogP contribution is 2.13. The summed E-state index contributed by atoms with van der Waals surface area (Å²) >= 11 is 0. The third-order valence-corrected chi connectivity index (χ3v) is 11.0. The van der Waals surface area contributed by atoms with Crippen molar-refractivity contribution < 1.29 is 68.1 Å². The standard InChI is InChI=1S/C43H76N12O14/c1-10-22(7)32(44)39(65)52-27(17-20(3)4)38(64)54-33(21(5)6)40(66)51-25(14-15-30(57)58)37(63)49-24(9)35(61)55-34(23(8)11-2)41(67)53-28(18-31(59)60)36(62)48-19-29(56)50-26(42(68)69)13-12-16-47-43(45)46/h20-28,32-34H,10-19,44H2,1-9H3,(H,48,62)(H,49,63)(H,50,56)(H,51,66)(H,52,65)(H,53,67)(H,54,64)(H,55,61)(H,57,58)(H,59,60)(H,68,69)(H4,45,46,47)/t22-,23-,24-,25-,26-,27-,28-,32-,33-,34-/m0/s1. The number of rotatable bonds is 33. The fraction of sp³-hybridized carbons (Fsp3) is 0.721. The lowest BCUT2D eigenvalue weighted by molar-refractivity contribution is -0.143. The molecule has 69 heavy (non-hydrogen) atoms. The Labute approximate surface area is 402 Å². The minimum Gasteiger partial charge on any atom is -0.481 e. The molecule has 0 spiro atoms. The Bertz CT molecular complexity index is 1830. The van der Waals surface area contributed by atoms with Crippen LogP contribution < -0.4 is 59.7 Å². The van der Waals surface area contributed by atoms with E-state index in [0.29, 0.717) is 6.42 Å². The van der Waals surface area contributed by atoms with Crippen molar-refractivity contribution in [2.45, 2.75) is 162 Å². The number of carbonyl (C=O) groups is 11. The Balaban J connectivity index is 6.12. The van der Waals surface area contributed by atoms with Crippen LogP contribution in [0.25, 0.3) is 0 Å². The Morgan fingerprint density at radius 3 is 1.59 bits per heavy atom. The van der Waals surface area contributed by atoms with Gasteiger partial charge in [-0.25, -0.2) is 4.79 Å². The second-order valence-electron chi connectivity index (χ2n) is 17.7. The lowest BCUT2D eigenvalue weighted by atomic mass is 9.97. The van der Waals surface area contributed by atoms with Crippen molar-refractivity contribution >= 4 is 71.1 Å². The van der Waals surface area contributed by atoms with E-state index in [9.17, 15) is 68.1 Å². The number of carboxylic acid groups (broad SMARTS) is 3. The van der Waals surface area contributed by atoms with Crippen molar-refractivity contribution in [3.8, 4) is 0 Å². The first kappa shape index (κ1) is 62.4. The lowest BCUT2D eigenvalue weighted by Gasteiger charge is -2.29. The molecule has 0 aromatic heterocycles. The van der Waals surface area contributed by atoms with Crippen molar-refractivity contribution in [3.63, 3.8) is 0 Å². The van der Waals surface area contributed by atoms with Gasteiger partial charge < -0.3 is 75.1 Å². The molecule has 0 aliphatic heterocycles. The van der Waals surface area contributed by atoms with Crippen molar-refractivity contribution in [3.05, 3.63) is 0 Å². The van der Waals surface area contributed by atoms with Gasteiger partial charge in [0.15, 0.2) is 5.96 Å². The number of carbonyl (C=O) groups excluding carboxylic acids is 8. The van der Waals surface area contributed by atoms with E-state index >= 15 is 0 Å². The molecule has 10 atom stereocenters. The average Bonchev–Trinajstić information content (AvgIpc) is 3.26. The zero-order chi connectivity index (χ0) is 53.3. The van der Waals surface area contributed by atoms with E-state index in [2.05, 4.69) is 47.5 Å². The first-order valence-corrected chi connectivity index (χ1v) is 22.9. The highest BCUT2D eigenvalue weighted by Gasteiger charge is 2.36. The van der Waals surface area contributed by atoms with Crippen LogP contribution in [0.15, 0.2) is 4.99 Å². The third kappa shape index (κ3) is 24.3. The van der Waals surface area contributed by atoms with Gasteiger partial charge in [0.25, 0.3) is 0 Å². The quantitative estimate of drug-likeness (QED) is 0.0178. The molecule has 26 nitrogen and oxygen atoms in total. The molecule has 0 aromatic rings. The lowest BCUT2D eigenvalue weighted by Crippen LogP contribution is -2.61. The fourth-order valence-electron chi connectivity index (χ4n) is 6.37. The predicted molar refractivity (Wildman–Crippen MR) is 250 cm³/mol. The van der Waals surface area contributed by atoms with E-state index in [1.807, 2.05) is 20.8 Å². The van der Waals surface area contributed by atoms with Gasteiger partial charge in [0.1, 0.15) is 42.3 Å². The summed E-state index contributed by atoms with van der Waals surface area (Å²) in [6, 6.07) is -10.9. The van der Waals surface area contributed by atoms with Crippen LogP contribution in [0.1, 0.15) is 114 Å². The number of hydrogen-bond donors (Lipinski definition) is 14. The maximum Gasteiger partial charge on any atom is 0.326 e. The van der Waals surface area contributed by atoms with E-state index in [-0.39, 0.29) is 50.0 Å². The Kier molecular flexibility index (Phi) is 28.4. The number of aliphatic carboxylic acids is 3. The zero-order valence-electron chi connectivity index (χ0n) is 41.0. The van der Waals surface area contributed by atoms with Crippen LogP contribution in [0.2, 0.25) is 0 Å². The van der Waals surface area contributed by atoms with Gasteiger partial charge in [-0.1, -0.05) is 68.2 Å². The molecule has 0 rings (SSSR count). The zero-order valence-corrected chi connectivity index (χ0v) is 41.0. The van der Waals surface area contributed by atoms with E-state index in [1.165, 1.54) is 6.92 Å². The molecule has 26 heteroatoms. The summed E-state index contributed by atoms with van der Waals surface area (Å²) in [5.74, 6) is -13.1. The second kappa shape index (κ2) is 31.4. The summed E-state index contributed by atoms with van der Waals surface area (Å²) in [7, 11) is 0. The Morgan fingerprint density at radius 1 is 0.551 bits per heavy atom. The highest BCUT2D eigenvalue weighted by molar-refractivity contribution is 5.98. The van der Waals surface area contributed by atoms with E-state index in [4.69, 9.17) is 17.2 Å². The normalized spacial score (nSPS) is 15.4. The smallest absolute Gasteiger partial charge is 0.326 e. The molecule has 0 aromatic carbocycles. The van der Waals surface area contributed by atoms with Gasteiger partial charge in [-0.2, -0.15) is 0 Å². The van der Waals surface area contributed by atoms with Crippen LogP contribution in [0.3, 0.4) is 0 Å². The summed E-state index contributed by atoms with van der Waals surface area (Å²) in [5, 5.41) is 47.7. The maximum atomic E-state index is 13.7. The van der Waals surface area contributed by atoms with Gasteiger partial charge in [-0.15, -0.1) is 0 Å². The van der Waals surface area contributed by atoms with Crippen LogP contribution in [-0.2, 0) is 52.7 Å². The minimum atomic E-state index is -1.79. The van der Waals surface area contributed by atoms with Gasteiger partial charge in [0, 0.05) is 13.0 Å². The monoisotopic (exact) mass is 985 g/mol. The number of hydrogen-bond acceptors (Lipinski definition) is 13. The summed E-state index contributed by atoms with van der Waals surface area (Å²) in [6.07, 6.45) is -0.851. The molecule has 0 aliphatic carbocycles. The molecule has 17 N–H and O–H groups in total. The van der Waals surface area contributed by atoms with Crippen molar-refractivity contribution in [1.29, 1.82) is 0 Å². The first-order chi connectivity index (χ1) is 32.1. The molecule has 0 heterocycles. The summed E-state index contributed by atoms with van der Waals surface area (Å²) in [4.78, 5) is 145. The van der Waals surface area contributed by atoms with Crippen LogP contribution in [0.4, 0.5) is 0 Å². The number of guanidine groups is 1. The minimum absolute atomic E-state index is 0.0683. The largest absolute Gasteiger partial charge is 0.481 e. The summed E-state index contributed by atoms with van der Waals surface area (Å²) < 4.78 is 0. The number of nitrogens with zero attached hydrogens (tertiary/aromatic N) is 1. The topological polar surface area (TPSA) is 435 Å². The predicted octanol–water partition coefficient (Wildman–Crippen LogP) is -2.88. The van der Waals surface area contributed by atoms with Crippen LogP contribution >= 0.6 is 0 Å². The number of nitrogens with two attached hydrogens (primary N) is 3. The fourth-order valence-corrected chi connectivity index (χ4v) is 6.37. The van der Waals surface area contributed by atoms with Gasteiger partial charge >= 0.3 is 17.9 Å². The molecule has 392 valence electrons. The number of amides is 8. The van der Waals surface area contributed by atoms with E-state index in [0.717, 1.165) is 0 Å². The van der Waals surface area contributed by atoms with Gasteiger partial charge in [0.05, 0.1) is 19.0 Å². The molecule has 0 fully saturated rings. The SMILES string of the molecule is CC[C@H](C)[C@H](N)C(=O)N[C@@H](CC(C)C)C(=O)N[C@H](C(=O)N[C@@H](CCC(=O)O)C(=O)N[C@@H](C)C(=O)N[C@H](C(=O)N[C@@H](CC(=O)O)C(=O)NCC(=O)N[C@@H](CCCN=C(N)N)C(=O)O)[C@@H](C)CC)C(C)C. The van der Waals surface area contributed by atoms with Crippen LogP contribution in [0.5, 0.6) is 0 Å². The number of nitrogens with one attached hydrogen (secondary N) is 8. The molecule has 0 aliphatic rings. The molecule has 0 saturated carbocycles. The Hall–Kier alpha value is -6.60. The molecule has 0 radical (unpaired) electrons. The molecule has 0 unspecified atom stereocenters. The Morgan fingerprint density at radius 2 is 1.09 bits per heavy atom. The summed E-state index contributed by atoms with van der Waals surface area (Å²) in [5.41, 5.74) is 16.6. The second-order valence-corrected chi connectivity index (χ2v) is 17.7. The van der Waals surface area contributed by atoms with Crippen LogP contribution in [0, 0.1) is 23.7 Å². The average molecular weight is 985 g/mol. The molecule has 0 bridgehead atoms. The molecular formula is C43H76N12O14. The van der Waals surface area contributed by atoms with E-state index in [1.54, 1.807) is 34.6 Å². The number of carboxylic acids is 3. The van der Waals surface area contributed by atoms with Crippen LogP contribution in [-0.4, -0.2) is 148 Å². The van der Waals surface area contributed by atoms with E-state index < -0.39 is 151 Å². The van der Waals surface area contributed by atoms with Crippen molar-refractivity contribution in [2.75, 3.05) is 13.1 Å². The number of aliphatic imine (C=N–C) groups is 1. The van der Waals surface area contributed by atoms with Gasteiger partial charge in [0.2, 0.25) is 47.3 Å². The molecular weight excluding hydrogens is 909 g/mol.